The van der Waals surface area contributed by atoms with E-state index in [9.17, 15) is 13.2 Å². The molecule has 1 fully saturated rings. The van der Waals surface area contributed by atoms with Gasteiger partial charge in [-0.25, -0.2) is 13.1 Å². The summed E-state index contributed by atoms with van der Waals surface area (Å²) in [6, 6.07) is 4.43. The zero-order valence-corrected chi connectivity index (χ0v) is 14.9. The van der Waals surface area contributed by atoms with Gasteiger partial charge in [-0.2, -0.15) is 0 Å². The molecule has 1 aliphatic rings. The molecule has 0 atom stereocenters. The number of hydrogen-bond donors (Lipinski definition) is 1. The summed E-state index contributed by atoms with van der Waals surface area (Å²) >= 11 is 0. The Labute approximate surface area is 143 Å². The lowest BCUT2D eigenvalue weighted by Gasteiger charge is -2.20. The quantitative estimate of drug-likeness (QED) is 0.832. The van der Waals surface area contributed by atoms with Gasteiger partial charge in [-0.3, -0.25) is 4.79 Å². The van der Waals surface area contributed by atoms with Crippen LogP contribution in [0.5, 0.6) is 11.5 Å². The van der Waals surface area contributed by atoms with Gasteiger partial charge < -0.3 is 14.4 Å². The van der Waals surface area contributed by atoms with Crippen LogP contribution in [-0.4, -0.2) is 53.1 Å². The summed E-state index contributed by atoms with van der Waals surface area (Å²) in [6.45, 7) is 1.12. The van der Waals surface area contributed by atoms with Crippen LogP contribution in [0, 0.1) is 0 Å². The van der Waals surface area contributed by atoms with Crippen LogP contribution in [0.3, 0.4) is 0 Å². The molecular formula is C16H24N2O5S. The van der Waals surface area contributed by atoms with E-state index in [1.54, 1.807) is 4.90 Å². The van der Waals surface area contributed by atoms with E-state index in [-0.39, 0.29) is 23.1 Å². The van der Waals surface area contributed by atoms with Gasteiger partial charge in [-0.05, 0) is 25.0 Å². The van der Waals surface area contributed by atoms with Gasteiger partial charge in [-0.1, -0.05) is 12.8 Å². The van der Waals surface area contributed by atoms with Crippen molar-refractivity contribution in [3.8, 4) is 11.5 Å². The zero-order chi connectivity index (χ0) is 17.6. The first-order chi connectivity index (χ1) is 11.5. The number of carbonyl (C=O) groups is 1. The molecule has 24 heavy (non-hydrogen) atoms. The minimum Gasteiger partial charge on any atom is -0.497 e. The van der Waals surface area contributed by atoms with Crippen molar-refractivity contribution in [3.05, 3.63) is 18.2 Å². The van der Waals surface area contributed by atoms with Crippen molar-refractivity contribution in [1.82, 2.24) is 9.62 Å². The van der Waals surface area contributed by atoms with Crippen molar-refractivity contribution < 1.29 is 22.7 Å². The number of sulfonamides is 1. The van der Waals surface area contributed by atoms with Crippen LogP contribution in [0.4, 0.5) is 0 Å². The molecule has 0 saturated carbocycles. The monoisotopic (exact) mass is 356 g/mol. The Bertz CT molecular complexity index is 667. The molecule has 8 heteroatoms. The van der Waals surface area contributed by atoms with Gasteiger partial charge in [0.05, 0.1) is 20.8 Å². The fraction of sp³-hybridized carbons (Fsp3) is 0.562. The van der Waals surface area contributed by atoms with Gasteiger partial charge in [0.15, 0.2) is 0 Å². The second-order valence-electron chi connectivity index (χ2n) is 5.64. The van der Waals surface area contributed by atoms with Crippen molar-refractivity contribution in [2.45, 2.75) is 30.6 Å². The second kappa shape index (κ2) is 8.34. The van der Waals surface area contributed by atoms with Crippen LogP contribution in [0.25, 0.3) is 0 Å². The normalized spacial score (nSPS) is 15.7. The van der Waals surface area contributed by atoms with Crippen molar-refractivity contribution in [2.75, 3.05) is 33.9 Å². The number of likely N-dealkylation sites (tertiary alicyclic amines) is 1. The highest BCUT2D eigenvalue weighted by Crippen LogP contribution is 2.28. The number of carbonyl (C=O) groups excluding carboxylic acids is 1. The molecule has 0 aromatic heterocycles. The fourth-order valence-electron chi connectivity index (χ4n) is 2.66. The smallest absolute Gasteiger partial charge is 0.244 e. The number of nitrogens with zero attached hydrogens (tertiary/aromatic N) is 1. The molecule has 0 spiro atoms. The van der Waals surface area contributed by atoms with Gasteiger partial charge in [0.1, 0.15) is 16.4 Å². The second-order valence-corrected chi connectivity index (χ2v) is 7.37. The number of benzene rings is 1. The summed E-state index contributed by atoms with van der Waals surface area (Å²) in [5, 5.41) is 0. The minimum atomic E-state index is -3.85. The first kappa shape index (κ1) is 18.5. The maximum atomic E-state index is 12.5. The van der Waals surface area contributed by atoms with Crippen molar-refractivity contribution in [2.24, 2.45) is 0 Å². The Balaban J connectivity index is 2.06. The number of nitrogens with one attached hydrogen (secondary N) is 1. The van der Waals surface area contributed by atoms with Crippen molar-refractivity contribution in [1.29, 1.82) is 0 Å². The van der Waals surface area contributed by atoms with Crippen LogP contribution in [-0.2, 0) is 14.8 Å². The lowest BCUT2D eigenvalue weighted by atomic mass is 10.2. The summed E-state index contributed by atoms with van der Waals surface area (Å²) in [4.78, 5) is 13.9. The molecule has 1 aromatic rings. The molecule has 1 heterocycles. The highest BCUT2D eigenvalue weighted by atomic mass is 32.2. The Morgan fingerprint density at radius 1 is 1.12 bits per heavy atom. The number of hydrogen-bond acceptors (Lipinski definition) is 5. The summed E-state index contributed by atoms with van der Waals surface area (Å²) in [6.07, 6.45) is 4.15. The molecule has 0 bridgehead atoms. The SMILES string of the molecule is COc1ccc(S(=O)(=O)NCC(=O)N2CCCCCC2)c(OC)c1. The summed E-state index contributed by atoms with van der Waals surface area (Å²) in [7, 11) is -0.977. The minimum absolute atomic E-state index is 0.0190. The Kier molecular flexibility index (Phi) is 6.44. The van der Waals surface area contributed by atoms with Crippen LogP contribution in [0.2, 0.25) is 0 Å². The van der Waals surface area contributed by atoms with E-state index in [4.69, 9.17) is 9.47 Å². The molecule has 1 amide bonds. The Morgan fingerprint density at radius 2 is 1.79 bits per heavy atom. The number of amides is 1. The Hall–Kier alpha value is -1.80. The van der Waals surface area contributed by atoms with E-state index in [1.165, 1.54) is 32.4 Å². The van der Waals surface area contributed by atoms with Gasteiger partial charge in [0, 0.05) is 19.2 Å². The summed E-state index contributed by atoms with van der Waals surface area (Å²) < 4.78 is 37.5. The van der Waals surface area contributed by atoms with Gasteiger partial charge >= 0.3 is 0 Å². The highest BCUT2D eigenvalue weighted by Gasteiger charge is 2.23. The predicted molar refractivity (Wildman–Crippen MR) is 89.8 cm³/mol. The number of methoxy groups -OCH3 is 2. The van der Waals surface area contributed by atoms with Crippen LogP contribution >= 0.6 is 0 Å². The third-order valence-corrected chi connectivity index (χ3v) is 5.47. The standard InChI is InChI=1S/C16H24N2O5S/c1-22-13-7-8-15(14(11-13)23-2)24(20,21)17-12-16(19)18-9-5-3-4-6-10-18/h7-8,11,17H,3-6,9-10,12H2,1-2H3. The van der Waals surface area contributed by atoms with Crippen LogP contribution in [0.15, 0.2) is 23.1 Å². The van der Waals surface area contributed by atoms with Crippen LogP contribution < -0.4 is 14.2 Å². The van der Waals surface area contributed by atoms with E-state index in [2.05, 4.69) is 4.72 Å². The average molecular weight is 356 g/mol. The molecule has 134 valence electrons. The molecule has 0 radical (unpaired) electrons. The molecule has 1 aliphatic heterocycles. The van der Waals surface area contributed by atoms with E-state index in [0.717, 1.165) is 25.7 Å². The summed E-state index contributed by atoms with van der Waals surface area (Å²) in [5.74, 6) is 0.462. The number of rotatable bonds is 6. The highest BCUT2D eigenvalue weighted by molar-refractivity contribution is 7.89. The Morgan fingerprint density at radius 3 is 2.38 bits per heavy atom. The lowest BCUT2D eigenvalue weighted by molar-refractivity contribution is -0.129. The van der Waals surface area contributed by atoms with Crippen molar-refractivity contribution >= 4 is 15.9 Å². The predicted octanol–water partition coefficient (Wildman–Crippen LogP) is 1.38. The van der Waals surface area contributed by atoms with E-state index >= 15 is 0 Å². The molecule has 7 nitrogen and oxygen atoms in total. The van der Waals surface area contributed by atoms with Gasteiger partial charge in [-0.15, -0.1) is 0 Å². The third kappa shape index (κ3) is 4.61. The van der Waals surface area contributed by atoms with E-state index < -0.39 is 10.0 Å². The van der Waals surface area contributed by atoms with Crippen LogP contribution in [0.1, 0.15) is 25.7 Å². The molecule has 1 aromatic carbocycles. The third-order valence-electron chi connectivity index (χ3n) is 4.03. The maximum Gasteiger partial charge on any atom is 0.244 e. The first-order valence-corrected chi connectivity index (χ1v) is 9.45. The lowest BCUT2D eigenvalue weighted by Crippen LogP contribution is -2.40. The fourth-order valence-corrected chi connectivity index (χ4v) is 3.79. The molecule has 0 aliphatic carbocycles. The largest absolute Gasteiger partial charge is 0.497 e. The van der Waals surface area contributed by atoms with E-state index in [1.807, 2.05) is 0 Å². The number of ether oxygens (including phenoxy) is 2. The topological polar surface area (TPSA) is 84.9 Å². The van der Waals surface area contributed by atoms with Gasteiger partial charge in [0.2, 0.25) is 15.9 Å². The van der Waals surface area contributed by atoms with Gasteiger partial charge in [0.25, 0.3) is 0 Å². The molecule has 1 N–H and O–H groups in total. The van der Waals surface area contributed by atoms with Crippen molar-refractivity contribution in [3.63, 3.8) is 0 Å². The zero-order valence-electron chi connectivity index (χ0n) is 14.1. The maximum absolute atomic E-state index is 12.5. The molecule has 0 unspecified atom stereocenters. The molecule has 1 saturated heterocycles. The average Bonchev–Trinajstić information content (AvgIpc) is 2.88. The van der Waals surface area contributed by atoms with E-state index in [0.29, 0.717) is 18.8 Å². The molecule has 2 rings (SSSR count). The summed E-state index contributed by atoms with van der Waals surface area (Å²) in [5.41, 5.74) is 0. The molecular weight excluding hydrogens is 332 g/mol. The first-order valence-electron chi connectivity index (χ1n) is 7.97.